The van der Waals surface area contributed by atoms with E-state index in [0.29, 0.717) is 0 Å². The van der Waals surface area contributed by atoms with Gasteiger partial charge in [0, 0.05) is 49.4 Å². The van der Waals surface area contributed by atoms with E-state index < -0.39 is 0 Å². The van der Waals surface area contributed by atoms with Gasteiger partial charge in [-0.2, -0.15) is 0 Å². The molecule has 0 saturated carbocycles. The third kappa shape index (κ3) is 4.95. The maximum absolute atomic E-state index is 2.59. The lowest BCUT2D eigenvalue weighted by Crippen LogP contribution is -1.99. The van der Waals surface area contributed by atoms with E-state index in [9.17, 15) is 0 Å². The Bertz CT molecular complexity index is 4880. The molecule has 0 N–H and O–H groups in total. The van der Waals surface area contributed by atoms with Gasteiger partial charge in [0.1, 0.15) is 0 Å². The molecule has 0 atom stereocenters. The molecule has 3 heteroatoms. The molecule has 0 saturated heterocycles. The lowest BCUT2D eigenvalue weighted by Gasteiger charge is -2.14. The summed E-state index contributed by atoms with van der Waals surface area (Å²) in [6.07, 6.45) is 0. The maximum atomic E-state index is 2.59. The molecule has 0 amide bonds. The zero-order valence-corrected chi connectivity index (χ0v) is 37.4. The molecule has 0 unspecified atom stereocenters. The van der Waals surface area contributed by atoms with Crippen molar-refractivity contribution >= 4 is 130 Å². The van der Waals surface area contributed by atoms with Crippen molar-refractivity contribution in [2.45, 2.75) is 0 Å². The zero-order valence-electron chi connectivity index (χ0n) is 37.4. The fourth-order valence-corrected chi connectivity index (χ4v) is 12.5. The molecule has 318 valence electrons. The summed E-state index contributed by atoms with van der Waals surface area (Å²) in [7, 11) is 0. The van der Waals surface area contributed by atoms with Crippen LogP contribution in [-0.4, -0.2) is 13.7 Å². The van der Waals surface area contributed by atoms with Crippen LogP contribution >= 0.6 is 0 Å². The second-order valence-electron chi connectivity index (χ2n) is 18.8. The number of nitrogens with zero attached hydrogens (tertiary/aromatic N) is 3. The quantitative estimate of drug-likeness (QED) is 0.157. The highest BCUT2D eigenvalue weighted by atomic mass is 15.0. The Morgan fingerprint density at radius 1 is 0.159 bits per heavy atom. The van der Waals surface area contributed by atoms with Crippen LogP contribution < -0.4 is 0 Å². The largest absolute Gasteiger partial charge is 0.309 e. The summed E-state index contributed by atoms with van der Waals surface area (Å²) in [5, 5.41) is 22.6. The molecule has 16 rings (SSSR count). The van der Waals surface area contributed by atoms with Gasteiger partial charge in [-0.1, -0.05) is 164 Å². The molecule has 0 aliphatic carbocycles. The van der Waals surface area contributed by atoms with Gasteiger partial charge in [0.2, 0.25) is 0 Å². The molecular weight excluding hydrogens is 835 g/mol. The minimum Gasteiger partial charge on any atom is -0.309 e. The van der Waals surface area contributed by atoms with Gasteiger partial charge in [0.15, 0.2) is 0 Å². The Labute approximate surface area is 395 Å². The smallest absolute Gasteiger partial charge is 0.0788 e. The van der Waals surface area contributed by atoms with Crippen LogP contribution in [0.15, 0.2) is 237 Å². The number of hydrogen-bond donors (Lipinski definition) is 0. The third-order valence-corrected chi connectivity index (χ3v) is 15.3. The van der Waals surface area contributed by atoms with Crippen molar-refractivity contribution in [3.8, 4) is 17.1 Å². The summed E-state index contributed by atoms with van der Waals surface area (Å²) in [5.74, 6) is 0. The standard InChI is InChI=1S/C66H39N3/c1-3-17-40(18-4-1)67-61-30-16-15-29-51(61)58-35-42(31-34-62(58)67)69-64-39-57-50-28-14-10-24-46(50)44-22-8-12-26-48(44)55(57)37-60(64)53-33-32-52-59-36-54-47-25-11-7-21-43(47)45-23-9-13-27-49(45)56(54)38-63(59)68(65(52)66(53)69)41-19-5-2-6-20-41/h1-39H. The van der Waals surface area contributed by atoms with E-state index in [1.54, 1.807) is 0 Å². The van der Waals surface area contributed by atoms with E-state index in [-0.39, 0.29) is 0 Å². The van der Waals surface area contributed by atoms with Gasteiger partial charge in [-0.3, -0.25) is 0 Å². The van der Waals surface area contributed by atoms with Crippen molar-refractivity contribution < 1.29 is 0 Å². The van der Waals surface area contributed by atoms with Crippen LogP contribution in [0.2, 0.25) is 0 Å². The molecule has 0 spiro atoms. The maximum Gasteiger partial charge on any atom is 0.0788 e. The number of benzene rings is 13. The second kappa shape index (κ2) is 13.7. The van der Waals surface area contributed by atoms with Gasteiger partial charge in [-0.25, -0.2) is 0 Å². The topological polar surface area (TPSA) is 14.8 Å². The van der Waals surface area contributed by atoms with E-state index in [1.807, 2.05) is 0 Å². The number of fused-ring (bicyclic) bond motifs is 22. The molecule has 3 nitrogen and oxygen atoms in total. The predicted molar refractivity (Wildman–Crippen MR) is 294 cm³/mol. The SMILES string of the molecule is c1ccc(-n2c3ccccc3c3cc(-n4c5cc6c7ccccc7c7ccccc7c6cc5c5ccc6c7cc8c9ccccc9c9ccccc9c8cc7n(-c7ccccc7)c6c54)ccc32)cc1. The molecule has 13 aromatic carbocycles. The molecule has 69 heavy (non-hydrogen) atoms. The number of para-hydroxylation sites is 3. The first-order valence-corrected chi connectivity index (χ1v) is 23.9. The minimum absolute atomic E-state index is 1.13. The zero-order chi connectivity index (χ0) is 44.9. The number of aromatic nitrogens is 3. The third-order valence-electron chi connectivity index (χ3n) is 15.3. The summed E-state index contributed by atoms with van der Waals surface area (Å²) in [5.41, 5.74) is 10.6. The number of hydrogen-bond acceptors (Lipinski definition) is 0. The van der Waals surface area contributed by atoms with Crippen LogP contribution in [0, 0.1) is 0 Å². The average Bonchev–Trinajstić information content (AvgIpc) is 4.05. The first-order chi connectivity index (χ1) is 34.3. The van der Waals surface area contributed by atoms with Crippen LogP contribution in [0.4, 0.5) is 0 Å². The van der Waals surface area contributed by atoms with E-state index in [0.717, 1.165) is 17.1 Å². The molecule has 0 bridgehead atoms. The molecular formula is C66H39N3. The van der Waals surface area contributed by atoms with E-state index in [4.69, 9.17) is 0 Å². The van der Waals surface area contributed by atoms with Crippen molar-refractivity contribution in [1.29, 1.82) is 0 Å². The molecule has 0 radical (unpaired) electrons. The summed E-state index contributed by atoms with van der Waals surface area (Å²) in [6, 6.07) is 88.2. The van der Waals surface area contributed by atoms with Gasteiger partial charge in [0.25, 0.3) is 0 Å². The van der Waals surface area contributed by atoms with Crippen molar-refractivity contribution in [2.24, 2.45) is 0 Å². The normalized spacial score (nSPS) is 12.3. The van der Waals surface area contributed by atoms with Crippen molar-refractivity contribution in [1.82, 2.24) is 13.7 Å². The molecule has 3 heterocycles. The minimum atomic E-state index is 1.13. The van der Waals surface area contributed by atoms with Crippen molar-refractivity contribution in [3.63, 3.8) is 0 Å². The van der Waals surface area contributed by atoms with Crippen LogP contribution in [0.1, 0.15) is 0 Å². The summed E-state index contributed by atoms with van der Waals surface area (Å²) >= 11 is 0. The highest BCUT2D eigenvalue weighted by Gasteiger charge is 2.25. The molecule has 16 aromatic rings. The average molecular weight is 874 g/mol. The first kappa shape index (κ1) is 37.0. The van der Waals surface area contributed by atoms with E-state index in [1.165, 1.54) is 130 Å². The Morgan fingerprint density at radius 3 is 0.957 bits per heavy atom. The lowest BCUT2D eigenvalue weighted by molar-refractivity contribution is 1.15. The fourth-order valence-electron chi connectivity index (χ4n) is 12.5. The number of rotatable bonds is 3. The van der Waals surface area contributed by atoms with Gasteiger partial charge in [0.05, 0.1) is 33.1 Å². The van der Waals surface area contributed by atoms with Gasteiger partial charge >= 0.3 is 0 Å². The predicted octanol–water partition coefficient (Wildman–Crippen LogP) is 17.9. The first-order valence-electron chi connectivity index (χ1n) is 23.9. The Morgan fingerprint density at radius 2 is 0.493 bits per heavy atom. The van der Waals surface area contributed by atoms with Crippen molar-refractivity contribution in [3.05, 3.63) is 237 Å². The molecule has 3 aromatic heterocycles. The lowest BCUT2D eigenvalue weighted by atomic mass is 9.93. The highest BCUT2D eigenvalue weighted by Crippen LogP contribution is 2.47. The molecule has 0 aliphatic heterocycles. The fraction of sp³-hybridized carbons (Fsp3) is 0. The Hall–Kier alpha value is -9.18. The Balaban J connectivity index is 1.13. The monoisotopic (exact) mass is 873 g/mol. The Kier molecular flexibility index (Phi) is 7.34. The van der Waals surface area contributed by atoms with Crippen LogP contribution in [0.25, 0.3) is 147 Å². The van der Waals surface area contributed by atoms with Crippen molar-refractivity contribution in [2.75, 3.05) is 0 Å². The van der Waals surface area contributed by atoms with Gasteiger partial charge in [-0.15, -0.1) is 0 Å². The van der Waals surface area contributed by atoms with Gasteiger partial charge < -0.3 is 13.7 Å². The van der Waals surface area contributed by atoms with Gasteiger partial charge in [-0.05, 0) is 137 Å². The summed E-state index contributed by atoms with van der Waals surface area (Å²) in [4.78, 5) is 0. The van der Waals surface area contributed by atoms with E-state index in [2.05, 4.69) is 250 Å². The summed E-state index contributed by atoms with van der Waals surface area (Å²) in [6.45, 7) is 0. The summed E-state index contributed by atoms with van der Waals surface area (Å²) < 4.78 is 7.55. The molecule has 0 fully saturated rings. The van der Waals surface area contributed by atoms with Crippen LogP contribution in [0.5, 0.6) is 0 Å². The molecule has 0 aliphatic rings. The second-order valence-corrected chi connectivity index (χ2v) is 18.8. The van der Waals surface area contributed by atoms with E-state index >= 15 is 0 Å². The highest BCUT2D eigenvalue weighted by molar-refractivity contribution is 6.33. The van der Waals surface area contributed by atoms with Crippen LogP contribution in [0.3, 0.4) is 0 Å². The van der Waals surface area contributed by atoms with Crippen LogP contribution in [-0.2, 0) is 0 Å².